The zero-order chi connectivity index (χ0) is 21.8. The summed E-state index contributed by atoms with van der Waals surface area (Å²) in [6.45, 7) is 1.39. The Balaban J connectivity index is 1.95. The van der Waals surface area contributed by atoms with Crippen molar-refractivity contribution in [2.45, 2.75) is 13.5 Å². The first-order valence-corrected chi connectivity index (χ1v) is 8.89. The predicted octanol–water partition coefficient (Wildman–Crippen LogP) is 3.88. The number of carbonyl (C=O) groups is 1. The van der Waals surface area contributed by atoms with Crippen LogP contribution in [0.3, 0.4) is 0 Å². The van der Waals surface area contributed by atoms with Crippen LogP contribution >= 0.6 is 0 Å². The molecule has 1 amide bonds. The lowest BCUT2D eigenvalue weighted by Crippen LogP contribution is -2.24. The Hall–Kier alpha value is -3.62. The van der Waals surface area contributed by atoms with Crippen molar-refractivity contribution in [3.63, 3.8) is 0 Å². The van der Waals surface area contributed by atoms with Gasteiger partial charge >= 0.3 is 0 Å². The maximum absolute atomic E-state index is 13.9. The second kappa shape index (κ2) is 8.81. The molecule has 9 heteroatoms. The van der Waals surface area contributed by atoms with Gasteiger partial charge in [-0.25, -0.2) is 8.78 Å². The lowest BCUT2D eigenvalue weighted by atomic mass is 10.0. The van der Waals surface area contributed by atoms with Crippen molar-refractivity contribution in [2.75, 3.05) is 21.3 Å². The first-order valence-electron chi connectivity index (χ1n) is 8.89. The molecule has 0 spiro atoms. The number of nitrogens with zero attached hydrogens (tertiary/aromatic N) is 1. The van der Waals surface area contributed by atoms with Crippen LogP contribution < -0.4 is 19.5 Å². The molecule has 1 heterocycles. The SMILES string of the molecule is COc1cc(-c2onc(C)c2C(=O)NCc2cccc(F)c2F)cc(OC)c1OC. The van der Waals surface area contributed by atoms with Gasteiger partial charge in [-0.1, -0.05) is 17.3 Å². The van der Waals surface area contributed by atoms with E-state index in [1.807, 2.05) is 0 Å². The summed E-state index contributed by atoms with van der Waals surface area (Å²) in [5, 5.41) is 6.44. The molecule has 0 unspecified atom stereocenters. The molecule has 3 rings (SSSR count). The molecule has 0 saturated carbocycles. The molecule has 7 nitrogen and oxygen atoms in total. The van der Waals surface area contributed by atoms with Crippen molar-refractivity contribution in [1.82, 2.24) is 10.5 Å². The maximum Gasteiger partial charge on any atom is 0.257 e. The third-order valence-corrected chi connectivity index (χ3v) is 4.49. The van der Waals surface area contributed by atoms with E-state index in [1.165, 1.54) is 33.5 Å². The number of carbonyl (C=O) groups excluding carboxylic acids is 1. The first kappa shape index (κ1) is 21.1. The van der Waals surface area contributed by atoms with Gasteiger partial charge in [0, 0.05) is 17.7 Å². The van der Waals surface area contributed by atoms with Gasteiger partial charge in [-0.3, -0.25) is 4.79 Å². The third kappa shape index (κ3) is 3.91. The van der Waals surface area contributed by atoms with E-state index in [0.29, 0.717) is 28.5 Å². The highest BCUT2D eigenvalue weighted by Crippen LogP contribution is 2.42. The van der Waals surface area contributed by atoms with E-state index in [1.54, 1.807) is 19.1 Å². The zero-order valence-corrected chi connectivity index (χ0v) is 16.8. The topological polar surface area (TPSA) is 82.8 Å². The Morgan fingerprint density at radius 2 is 1.77 bits per heavy atom. The van der Waals surface area contributed by atoms with Crippen LogP contribution in [0.1, 0.15) is 21.6 Å². The highest BCUT2D eigenvalue weighted by atomic mass is 19.2. The molecule has 1 N–H and O–H groups in total. The third-order valence-electron chi connectivity index (χ3n) is 4.49. The van der Waals surface area contributed by atoms with E-state index in [9.17, 15) is 13.6 Å². The van der Waals surface area contributed by atoms with Gasteiger partial charge in [-0.15, -0.1) is 0 Å². The summed E-state index contributed by atoms with van der Waals surface area (Å²) < 4.78 is 48.6. The van der Waals surface area contributed by atoms with E-state index >= 15 is 0 Å². The van der Waals surface area contributed by atoms with E-state index in [4.69, 9.17) is 18.7 Å². The van der Waals surface area contributed by atoms with Gasteiger partial charge < -0.3 is 24.1 Å². The summed E-state index contributed by atoms with van der Waals surface area (Å²) in [6.07, 6.45) is 0. The lowest BCUT2D eigenvalue weighted by Gasteiger charge is -2.13. The monoisotopic (exact) mass is 418 g/mol. The molecule has 2 aromatic carbocycles. The molecule has 0 aliphatic carbocycles. The summed E-state index contributed by atoms with van der Waals surface area (Å²) in [5.41, 5.74) is 0.969. The number of amides is 1. The van der Waals surface area contributed by atoms with E-state index in [0.717, 1.165) is 6.07 Å². The van der Waals surface area contributed by atoms with E-state index < -0.39 is 17.5 Å². The molecule has 0 fully saturated rings. The van der Waals surface area contributed by atoms with Crippen molar-refractivity contribution in [3.8, 4) is 28.6 Å². The van der Waals surface area contributed by atoms with Gasteiger partial charge in [-0.2, -0.15) is 0 Å². The molecular weight excluding hydrogens is 398 g/mol. The second-order valence-electron chi connectivity index (χ2n) is 6.28. The number of methoxy groups -OCH3 is 3. The van der Waals surface area contributed by atoms with Crippen LogP contribution in [0.25, 0.3) is 11.3 Å². The molecular formula is C21H20F2N2O5. The summed E-state index contributed by atoms with van der Waals surface area (Å²) >= 11 is 0. The Morgan fingerprint density at radius 1 is 1.10 bits per heavy atom. The standard InChI is InChI=1S/C21H20F2N2O5/c1-11-17(21(26)24-10-12-6-5-7-14(22)18(12)23)19(30-25-11)13-8-15(27-2)20(29-4)16(9-13)28-3/h5-9H,10H2,1-4H3,(H,24,26). The Labute approximate surface area is 171 Å². The van der Waals surface area contributed by atoms with Crippen LogP contribution in [0, 0.1) is 18.6 Å². The molecule has 0 aliphatic rings. The van der Waals surface area contributed by atoms with Crippen molar-refractivity contribution < 1.29 is 32.3 Å². The van der Waals surface area contributed by atoms with Gasteiger partial charge in [0.2, 0.25) is 5.75 Å². The van der Waals surface area contributed by atoms with Crippen LogP contribution in [0.15, 0.2) is 34.9 Å². The van der Waals surface area contributed by atoms with Crippen LogP contribution in [-0.4, -0.2) is 32.4 Å². The van der Waals surface area contributed by atoms with Gasteiger partial charge in [0.15, 0.2) is 28.9 Å². The molecule has 0 bridgehead atoms. The van der Waals surface area contributed by atoms with Gasteiger partial charge in [-0.05, 0) is 25.1 Å². The minimum absolute atomic E-state index is 0.0202. The first-order chi connectivity index (χ1) is 14.4. The molecule has 30 heavy (non-hydrogen) atoms. The number of nitrogens with one attached hydrogen (secondary N) is 1. The molecule has 158 valence electrons. The lowest BCUT2D eigenvalue weighted by molar-refractivity contribution is 0.0950. The van der Waals surface area contributed by atoms with E-state index in [2.05, 4.69) is 10.5 Å². The van der Waals surface area contributed by atoms with Crippen molar-refractivity contribution in [2.24, 2.45) is 0 Å². The molecule has 0 saturated heterocycles. The number of aryl methyl sites for hydroxylation is 1. The highest BCUT2D eigenvalue weighted by molar-refractivity contribution is 6.00. The molecule has 3 aromatic rings. The van der Waals surface area contributed by atoms with E-state index in [-0.39, 0.29) is 23.4 Å². The smallest absolute Gasteiger partial charge is 0.257 e. The predicted molar refractivity (Wildman–Crippen MR) is 104 cm³/mol. The summed E-state index contributed by atoms with van der Waals surface area (Å²) in [6, 6.07) is 6.99. The number of hydrogen-bond donors (Lipinski definition) is 1. The van der Waals surface area contributed by atoms with Crippen LogP contribution in [0.5, 0.6) is 17.2 Å². The highest BCUT2D eigenvalue weighted by Gasteiger charge is 2.25. The number of rotatable bonds is 7. The average molecular weight is 418 g/mol. The fourth-order valence-corrected chi connectivity index (χ4v) is 3.00. The van der Waals surface area contributed by atoms with Crippen LogP contribution in [0.4, 0.5) is 8.78 Å². The minimum atomic E-state index is -1.01. The van der Waals surface area contributed by atoms with Crippen LogP contribution in [-0.2, 0) is 6.54 Å². The maximum atomic E-state index is 13.9. The second-order valence-corrected chi connectivity index (χ2v) is 6.28. The molecule has 1 aromatic heterocycles. The number of halogens is 2. The summed E-state index contributed by atoms with van der Waals surface area (Å²) in [5.74, 6) is -1.26. The quantitative estimate of drug-likeness (QED) is 0.627. The summed E-state index contributed by atoms with van der Waals surface area (Å²) in [7, 11) is 4.41. The molecule has 0 aliphatic heterocycles. The van der Waals surface area contributed by atoms with Gasteiger partial charge in [0.05, 0.1) is 27.0 Å². The Bertz CT molecular complexity index is 1060. The Morgan fingerprint density at radius 3 is 2.37 bits per heavy atom. The van der Waals surface area contributed by atoms with Gasteiger partial charge in [0.1, 0.15) is 5.56 Å². The fraction of sp³-hybridized carbons (Fsp3) is 0.238. The number of aromatic nitrogens is 1. The fourth-order valence-electron chi connectivity index (χ4n) is 3.00. The number of hydrogen-bond acceptors (Lipinski definition) is 6. The largest absolute Gasteiger partial charge is 0.493 e. The van der Waals surface area contributed by atoms with Crippen molar-refractivity contribution in [3.05, 3.63) is 58.8 Å². The Kier molecular flexibility index (Phi) is 6.20. The normalized spacial score (nSPS) is 10.6. The van der Waals surface area contributed by atoms with Crippen LogP contribution in [0.2, 0.25) is 0 Å². The average Bonchev–Trinajstić information content (AvgIpc) is 3.14. The van der Waals surface area contributed by atoms with Crippen molar-refractivity contribution >= 4 is 5.91 Å². The number of benzene rings is 2. The number of ether oxygens (including phenoxy) is 3. The van der Waals surface area contributed by atoms with Gasteiger partial charge in [0.25, 0.3) is 5.91 Å². The summed E-state index contributed by atoms with van der Waals surface area (Å²) in [4.78, 5) is 12.8. The van der Waals surface area contributed by atoms with Crippen molar-refractivity contribution in [1.29, 1.82) is 0 Å². The molecule has 0 radical (unpaired) electrons. The molecule has 0 atom stereocenters. The zero-order valence-electron chi connectivity index (χ0n) is 16.8. The minimum Gasteiger partial charge on any atom is -0.493 e.